The zero-order chi connectivity index (χ0) is 41.4. The summed E-state index contributed by atoms with van der Waals surface area (Å²) < 4.78 is 0. The van der Waals surface area contributed by atoms with Gasteiger partial charge in [-0.2, -0.15) is 0 Å². The van der Waals surface area contributed by atoms with E-state index >= 15 is 0 Å². The molecular weight excluding hydrogens is 703 g/mol. The highest BCUT2D eigenvalue weighted by molar-refractivity contribution is 5.98. The molecule has 0 radical (unpaired) electrons. The third kappa shape index (κ3) is 7.75. The third-order valence-electron chi connectivity index (χ3n) is 12.1. The van der Waals surface area contributed by atoms with Gasteiger partial charge in [0.15, 0.2) is 0 Å². The van der Waals surface area contributed by atoms with Crippen LogP contribution in [0.3, 0.4) is 0 Å². The van der Waals surface area contributed by atoms with Gasteiger partial charge in [-0.05, 0) is 174 Å². The molecule has 7 aromatic rings. The minimum absolute atomic E-state index is 0.0146. The van der Waals surface area contributed by atoms with E-state index < -0.39 is 0 Å². The Hall–Kier alpha value is -5.80. The summed E-state index contributed by atoms with van der Waals surface area (Å²) in [6.07, 6.45) is 0. The van der Waals surface area contributed by atoms with Gasteiger partial charge in [0.2, 0.25) is 0 Å². The van der Waals surface area contributed by atoms with E-state index in [0.29, 0.717) is 0 Å². The number of rotatable bonds is 11. The largest absolute Gasteiger partial charge is 0.355 e. The van der Waals surface area contributed by atoms with E-state index in [0.717, 1.165) is 18.8 Å². The Morgan fingerprint density at radius 1 is 0.431 bits per heavy atom. The highest BCUT2D eigenvalue weighted by Gasteiger charge is 2.24. The smallest absolute Gasteiger partial charge is 0.0470 e. The van der Waals surface area contributed by atoms with Crippen molar-refractivity contribution in [2.75, 3.05) is 28.2 Å². The average Bonchev–Trinajstić information content (AvgIpc) is 3.17. The summed E-state index contributed by atoms with van der Waals surface area (Å²) >= 11 is 0. The first-order chi connectivity index (χ1) is 27.8. The van der Waals surface area contributed by atoms with Crippen LogP contribution in [0, 0.1) is 69.2 Å². The zero-order valence-corrected chi connectivity index (χ0v) is 36.9. The van der Waals surface area contributed by atoms with Crippen molar-refractivity contribution in [3.63, 3.8) is 0 Å². The third-order valence-corrected chi connectivity index (χ3v) is 12.1. The van der Waals surface area contributed by atoms with Crippen molar-refractivity contribution >= 4 is 44.9 Å². The molecule has 58 heavy (non-hydrogen) atoms. The van der Waals surface area contributed by atoms with Crippen LogP contribution in [0.2, 0.25) is 0 Å². The van der Waals surface area contributed by atoms with Crippen molar-refractivity contribution in [3.05, 3.63) is 188 Å². The van der Waals surface area contributed by atoms with Crippen molar-refractivity contribution in [2.45, 2.75) is 89.0 Å². The fourth-order valence-electron chi connectivity index (χ4n) is 9.86. The number of fused-ring (bicyclic) bond motifs is 1. The molecule has 0 aliphatic heterocycles. The van der Waals surface area contributed by atoms with Crippen LogP contribution in [-0.2, 0) is 0 Å². The lowest BCUT2D eigenvalue weighted by atomic mass is 9.80. The summed E-state index contributed by atoms with van der Waals surface area (Å²) in [4.78, 5) is 4.94. The molecule has 7 rings (SSSR count). The molecule has 1 N–H and O–H groups in total. The molecule has 3 heteroatoms. The van der Waals surface area contributed by atoms with Crippen LogP contribution < -0.4 is 15.1 Å². The molecule has 1 atom stereocenters. The molecule has 0 amide bonds. The zero-order valence-electron chi connectivity index (χ0n) is 36.9. The molecule has 0 heterocycles. The molecule has 0 spiro atoms. The lowest BCUT2D eigenvalue weighted by molar-refractivity contribution is 0.958. The van der Waals surface area contributed by atoms with Crippen LogP contribution in [0.25, 0.3) is 10.8 Å². The molecule has 3 nitrogen and oxygen atoms in total. The Bertz CT molecular complexity index is 2560. The van der Waals surface area contributed by atoms with Gasteiger partial charge in [0.1, 0.15) is 0 Å². The van der Waals surface area contributed by atoms with Crippen LogP contribution in [-0.4, -0.2) is 13.1 Å². The average molecular weight is 764 g/mol. The van der Waals surface area contributed by atoms with Gasteiger partial charge >= 0.3 is 0 Å². The number of nitrogens with one attached hydrogen (secondary N) is 1. The first-order valence-electron chi connectivity index (χ1n) is 21.1. The van der Waals surface area contributed by atoms with Gasteiger partial charge in [-0.1, -0.05) is 102 Å². The van der Waals surface area contributed by atoms with E-state index in [9.17, 15) is 0 Å². The Kier molecular flexibility index (Phi) is 11.6. The second-order valence-corrected chi connectivity index (χ2v) is 16.7. The summed E-state index contributed by atoms with van der Waals surface area (Å²) in [7, 11) is 0. The maximum Gasteiger partial charge on any atom is 0.0470 e. The quantitative estimate of drug-likeness (QED) is 0.132. The second kappa shape index (κ2) is 16.6. The van der Waals surface area contributed by atoms with Gasteiger partial charge < -0.3 is 15.1 Å². The lowest BCUT2D eigenvalue weighted by Gasteiger charge is -2.30. The normalized spacial score (nSPS) is 11.9. The maximum absolute atomic E-state index is 3.87. The molecule has 0 saturated heterocycles. The molecule has 0 bridgehead atoms. The molecule has 0 aliphatic carbocycles. The van der Waals surface area contributed by atoms with Crippen LogP contribution in [0.1, 0.15) is 92.1 Å². The van der Waals surface area contributed by atoms with Crippen molar-refractivity contribution in [1.29, 1.82) is 0 Å². The standard InChI is InChI=1S/C55H61N3/c1-13-57(54-40(9)29-35(4)30-41(54)10)45-21-19-44(20-22-45)52(47-24-23-46(33-37(47)6)58(14-2)55-42(11)31-36(5)32-43(55)12)50-25-26-51(49-18-16-15-17-48(49)50)56-53-38(7)27-34(3)28-39(53)8/h15-33,52,56H,13-14H2,1-12H3. The Morgan fingerprint density at radius 2 is 0.879 bits per heavy atom. The number of anilines is 6. The first-order valence-corrected chi connectivity index (χ1v) is 21.1. The van der Waals surface area contributed by atoms with E-state index in [2.05, 4.69) is 213 Å². The van der Waals surface area contributed by atoms with E-state index in [4.69, 9.17) is 0 Å². The van der Waals surface area contributed by atoms with E-state index in [1.165, 1.54) is 112 Å². The predicted molar refractivity (Wildman–Crippen MR) is 253 cm³/mol. The Balaban J connectivity index is 1.38. The van der Waals surface area contributed by atoms with Crippen LogP contribution >= 0.6 is 0 Å². The Labute approximate surface area is 348 Å². The Morgan fingerprint density at radius 3 is 1.38 bits per heavy atom. The fourth-order valence-corrected chi connectivity index (χ4v) is 9.86. The highest BCUT2D eigenvalue weighted by atomic mass is 15.1. The molecule has 1 unspecified atom stereocenters. The monoisotopic (exact) mass is 763 g/mol. The first kappa shape index (κ1) is 40.4. The lowest BCUT2D eigenvalue weighted by Crippen LogP contribution is -2.19. The van der Waals surface area contributed by atoms with E-state index in [-0.39, 0.29) is 5.92 Å². The molecule has 0 aromatic heterocycles. The van der Waals surface area contributed by atoms with E-state index in [1.807, 2.05) is 0 Å². The fraction of sp³-hybridized carbons (Fsp3) is 0.273. The number of nitrogens with zero attached hydrogens (tertiary/aromatic N) is 2. The van der Waals surface area contributed by atoms with Crippen molar-refractivity contribution in [2.24, 2.45) is 0 Å². The van der Waals surface area contributed by atoms with Crippen LogP contribution in [0.5, 0.6) is 0 Å². The summed E-state index contributed by atoms with van der Waals surface area (Å²) in [5.74, 6) is 0.0146. The molecule has 0 aliphatic rings. The number of aryl methyl sites for hydroxylation is 10. The van der Waals surface area contributed by atoms with Gasteiger partial charge in [-0.3, -0.25) is 0 Å². The number of hydrogen-bond acceptors (Lipinski definition) is 3. The predicted octanol–water partition coefficient (Wildman–Crippen LogP) is 15.2. The minimum Gasteiger partial charge on any atom is -0.355 e. The van der Waals surface area contributed by atoms with Crippen LogP contribution in [0.15, 0.2) is 115 Å². The van der Waals surface area contributed by atoms with Crippen LogP contribution in [0.4, 0.5) is 34.1 Å². The SMILES string of the molecule is CCN(c1ccc(C(c2ccc(N(CC)c3c(C)cc(C)cc3C)cc2C)c2ccc(Nc3c(C)cc(C)cc3C)c3ccccc23)cc1)c1c(C)cc(C)cc1C. The number of hydrogen-bond donors (Lipinski definition) is 1. The van der Waals surface area contributed by atoms with Gasteiger partial charge in [0.05, 0.1) is 0 Å². The maximum atomic E-state index is 3.87. The molecule has 7 aromatic carbocycles. The molecular formula is C55H61N3. The second-order valence-electron chi connectivity index (χ2n) is 16.7. The summed E-state index contributed by atoms with van der Waals surface area (Å²) in [5.41, 5.74) is 24.2. The molecule has 296 valence electrons. The minimum atomic E-state index is 0.0146. The molecule has 0 fully saturated rings. The van der Waals surface area contributed by atoms with Crippen molar-refractivity contribution in [3.8, 4) is 0 Å². The topological polar surface area (TPSA) is 18.5 Å². The van der Waals surface area contributed by atoms with Crippen molar-refractivity contribution in [1.82, 2.24) is 0 Å². The summed E-state index contributed by atoms with van der Waals surface area (Å²) in [5, 5.41) is 6.35. The molecule has 0 saturated carbocycles. The van der Waals surface area contributed by atoms with Gasteiger partial charge in [-0.25, -0.2) is 0 Å². The summed E-state index contributed by atoms with van der Waals surface area (Å²) in [6, 6.07) is 43.9. The number of benzene rings is 7. The van der Waals surface area contributed by atoms with Gasteiger partial charge in [0.25, 0.3) is 0 Å². The highest BCUT2D eigenvalue weighted by Crippen LogP contribution is 2.43. The van der Waals surface area contributed by atoms with E-state index in [1.54, 1.807) is 0 Å². The van der Waals surface area contributed by atoms with Gasteiger partial charge in [0, 0.05) is 58.5 Å². The summed E-state index contributed by atoms with van der Waals surface area (Å²) in [6.45, 7) is 28.5. The van der Waals surface area contributed by atoms with Crippen molar-refractivity contribution < 1.29 is 0 Å². The van der Waals surface area contributed by atoms with Gasteiger partial charge in [-0.15, -0.1) is 0 Å².